The molecule has 1 aliphatic carbocycles. The van der Waals surface area contributed by atoms with Gasteiger partial charge in [0.2, 0.25) is 10.0 Å². The Morgan fingerprint density at radius 2 is 1.79 bits per heavy atom. The minimum Gasteiger partial charge on any atom is -0.449 e. The van der Waals surface area contributed by atoms with Crippen molar-refractivity contribution in [2.24, 2.45) is 5.14 Å². The van der Waals surface area contributed by atoms with Crippen molar-refractivity contribution in [2.75, 3.05) is 5.32 Å². The van der Waals surface area contributed by atoms with Gasteiger partial charge in [0.05, 0.1) is 10.5 Å². The number of fused-ring (bicyclic) bond motifs is 1. The van der Waals surface area contributed by atoms with Crippen LogP contribution in [0.1, 0.15) is 41.3 Å². The quantitative estimate of drug-likeness (QED) is 0.745. The molecule has 0 radical (unpaired) electrons. The monoisotopic (exact) mass is 402 g/mol. The Hall–Kier alpha value is -2.71. The van der Waals surface area contributed by atoms with E-state index in [2.05, 4.69) is 5.32 Å². The van der Waals surface area contributed by atoms with Crippen LogP contribution in [0.4, 0.5) is 5.69 Å². The minimum absolute atomic E-state index is 0.121. The lowest BCUT2D eigenvalue weighted by Crippen LogP contribution is -2.30. The summed E-state index contributed by atoms with van der Waals surface area (Å²) in [5, 5.41) is 7.61. The number of carbonyl (C=O) groups is 2. The van der Waals surface area contributed by atoms with Gasteiger partial charge in [-0.15, -0.1) is 0 Å². The molecule has 7 nitrogen and oxygen atoms in total. The molecule has 0 saturated carbocycles. The number of rotatable bonds is 5. The standard InChI is InChI=1S/C20H22N2O5S/c1-13(19(23)22-17-7-4-8-18(12-17)28(21,25)26)27-20(24)16-10-9-14-5-2-3-6-15(14)11-16/h4,7-13H,2-3,5-6H2,1H3,(H,22,23)(H2,21,25,26)/t13-/m1/s1. The van der Waals surface area contributed by atoms with Gasteiger partial charge in [-0.3, -0.25) is 4.79 Å². The lowest BCUT2D eigenvalue weighted by Gasteiger charge is -2.17. The number of carbonyl (C=O) groups excluding carboxylic acids is 2. The number of sulfonamides is 1. The molecule has 28 heavy (non-hydrogen) atoms. The van der Waals surface area contributed by atoms with E-state index in [-0.39, 0.29) is 10.6 Å². The van der Waals surface area contributed by atoms with Crippen molar-refractivity contribution in [3.05, 3.63) is 59.2 Å². The van der Waals surface area contributed by atoms with Crippen molar-refractivity contribution in [1.82, 2.24) is 0 Å². The van der Waals surface area contributed by atoms with Gasteiger partial charge in [0, 0.05) is 5.69 Å². The molecule has 0 unspecified atom stereocenters. The maximum absolute atomic E-state index is 12.4. The predicted octanol–water partition coefficient (Wildman–Crippen LogP) is 2.40. The largest absolute Gasteiger partial charge is 0.449 e. The first-order valence-electron chi connectivity index (χ1n) is 9.00. The van der Waals surface area contributed by atoms with Gasteiger partial charge in [-0.2, -0.15) is 0 Å². The summed E-state index contributed by atoms with van der Waals surface area (Å²) in [4.78, 5) is 24.6. The Bertz CT molecular complexity index is 1020. The van der Waals surface area contributed by atoms with Crippen LogP contribution >= 0.6 is 0 Å². The van der Waals surface area contributed by atoms with Crippen molar-refractivity contribution < 1.29 is 22.7 Å². The highest BCUT2D eigenvalue weighted by Crippen LogP contribution is 2.23. The number of benzene rings is 2. The van der Waals surface area contributed by atoms with Gasteiger partial charge in [0.15, 0.2) is 6.10 Å². The Morgan fingerprint density at radius 3 is 2.50 bits per heavy atom. The molecule has 0 saturated heterocycles. The number of hydrogen-bond acceptors (Lipinski definition) is 5. The second kappa shape index (κ2) is 8.12. The van der Waals surface area contributed by atoms with Crippen molar-refractivity contribution in [1.29, 1.82) is 0 Å². The third kappa shape index (κ3) is 4.76. The first-order valence-corrected chi connectivity index (χ1v) is 10.6. The molecule has 0 heterocycles. The average Bonchev–Trinajstić information content (AvgIpc) is 2.67. The van der Waals surface area contributed by atoms with Crippen molar-refractivity contribution in [3.8, 4) is 0 Å². The van der Waals surface area contributed by atoms with Crippen LogP contribution in [-0.4, -0.2) is 26.4 Å². The van der Waals surface area contributed by atoms with Gasteiger partial charge in [0.25, 0.3) is 5.91 Å². The van der Waals surface area contributed by atoms with Crippen molar-refractivity contribution in [3.63, 3.8) is 0 Å². The topological polar surface area (TPSA) is 116 Å². The summed E-state index contributed by atoms with van der Waals surface area (Å²) in [6, 6.07) is 11.0. The Kier molecular flexibility index (Phi) is 5.81. The van der Waals surface area contributed by atoms with Gasteiger partial charge >= 0.3 is 5.97 Å². The molecule has 0 fully saturated rings. The van der Waals surface area contributed by atoms with Crippen molar-refractivity contribution in [2.45, 2.75) is 43.6 Å². The molecule has 2 aromatic rings. The molecule has 1 aliphatic rings. The molecule has 0 aliphatic heterocycles. The van der Waals surface area contributed by atoms with Crippen LogP contribution < -0.4 is 10.5 Å². The number of hydrogen-bond donors (Lipinski definition) is 2. The molecule has 0 spiro atoms. The first kappa shape index (κ1) is 20.0. The van der Waals surface area contributed by atoms with Gasteiger partial charge in [-0.05, 0) is 74.1 Å². The molecule has 0 aromatic heterocycles. The van der Waals surface area contributed by atoms with Crippen LogP contribution in [0, 0.1) is 0 Å². The van der Waals surface area contributed by atoms with E-state index in [1.54, 1.807) is 6.07 Å². The van der Waals surface area contributed by atoms with Crippen LogP contribution in [-0.2, 0) is 32.4 Å². The lowest BCUT2D eigenvalue weighted by molar-refractivity contribution is -0.123. The number of amides is 1. The number of primary sulfonamides is 1. The van der Waals surface area contributed by atoms with Gasteiger partial charge in [-0.25, -0.2) is 18.4 Å². The second-order valence-electron chi connectivity index (χ2n) is 6.80. The van der Waals surface area contributed by atoms with E-state index < -0.39 is 28.0 Å². The molecule has 0 bridgehead atoms. The fraction of sp³-hybridized carbons (Fsp3) is 0.300. The van der Waals surface area contributed by atoms with E-state index in [9.17, 15) is 18.0 Å². The molecule has 3 rings (SSSR count). The highest BCUT2D eigenvalue weighted by atomic mass is 32.2. The summed E-state index contributed by atoms with van der Waals surface area (Å²) in [5.41, 5.74) is 3.06. The second-order valence-corrected chi connectivity index (χ2v) is 8.36. The fourth-order valence-electron chi connectivity index (χ4n) is 3.14. The normalized spacial score (nSPS) is 14.6. The summed E-state index contributed by atoms with van der Waals surface area (Å²) >= 11 is 0. The summed E-state index contributed by atoms with van der Waals surface area (Å²) in [6.45, 7) is 1.45. The molecule has 8 heteroatoms. The van der Waals surface area contributed by atoms with Crippen LogP contribution in [0.25, 0.3) is 0 Å². The van der Waals surface area contributed by atoms with Crippen molar-refractivity contribution >= 4 is 27.6 Å². The van der Waals surface area contributed by atoms with Crippen LogP contribution in [0.3, 0.4) is 0 Å². The summed E-state index contributed by atoms with van der Waals surface area (Å²) in [5.74, 6) is -1.15. The van der Waals surface area contributed by atoms with E-state index in [0.29, 0.717) is 5.56 Å². The molecule has 148 valence electrons. The predicted molar refractivity (Wildman–Crippen MR) is 104 cm³/mol. The molecule has 1 amide bonds. The molecule has 2 aromatic carbocycles. The Labute approximate surface area is 163 Å². The van der Waals surface area contributed by atoms with E-state index >= 15 is 0 Å². The minimum atomic E-state index is -3.88. The van der Waals surface area contributed by atoms with Gasteiger partial charge < -0.3 is 10.1 Å². The zero-order valence-corrected chi connectivity index (χ0v) is 16.3. The maximum atomic E-state index is 12.4. The zero-order chi connectivity index (χ0) is 20.3. The lowest BCUT2D eigenvalue weighted by atomic mass is 9.90. The SMILES string of the molecule is C[C@@H](OC(=O)c1ccc2c(c1)CCCC2)C(=O)Nc1cccc(S(N)(=O)=O)c1. The molecular formula is C20H22N2O5S. The first-order chi connectivity index (χ1) is 13.2. The van der Waals surface area contributed by atoms with E-state index in [1.807, 2.05) is 12.1 Å². The van der Waals surface area contributed by atoms with Gasteiger partial charge in [0.1, 0.15) is 0 Å². The molecular weight excluding hydrogens is 380 g/mol. The zero-order valence-electron chi connectivity index (χ0n) is 15.5. The highest BCUT2D eigenvalue weighted by molar-refractivity contribution is 7.89. The van der Waals surface area contributed by atoms with E-state index in [0.717, 1.165) is 31.2 Å². The van der Waals surface area contributed by atoms with Crippen LogP contribution in [0.15, 0.2) is 47.4 Å². The average molecular weight is 402 g/mol. The third-order valence-corrected chi connectivity index (χ3v) is 5.58. The fourth-order valence-corrected chi connectivity index (χ4v) is 3.70. The van der Waals surface area contributed by atoms with Crippen LogP contribution in [0.5, 0.6) is 0 Å². The summed E-state index contributed by atoms with van der Waals surface area (Å²) < 4.78 is 28.1. The number of nitrogens with two attached hydrogens (primary N) is 1. The van der Waals surface area contributed by atoms with E-state index in [4.69, 9.17) is 9.88 Å². The van der Waals surface area contributed by atoms with E-state index in [1.165, 1.54) is 36.8 Å². The van der Waals surface area contributed by atoms with Gasteiger partial charge in [-0.1, -0.05) is 12.1 Å². The number of esters is 1. The molecule has 1 atom stereocenters. The Balaban J connectivity index is 1.65. The number of nitrogens with one attached hydrogen (secondary N) is 1. The third-order valence-electron chi connectivity index (χ3n) is 4.67. The highest BCUT2D eigenvalue weighted by Gasteiger charge is 2.21. The maximum Gasteiger partial charge on any atom is 0.338 e. The Morgan fingerprint density at radius 1 is 1.07 bits per heavy atom. The summed E-state index contributed by atoms with van der Waals surface area (Å²) in [6.07, 6.45) is 3.15. The number of anilines is 1. The molecule has 3 N–H and O–H groups in total. The summed E-state index contributed by atoms with van der Waals surface area (Å²) in [7, 11) is -3.88. The van der Waals surface area contributed by atoms with Crippen LogP contribution in [0.2, 0.25) is 0 Å². The smallest absolute Gasteiger partial charge is 0.338 e. The number of aryl methyl sites for hydroxylation is 2. The number of ether oxygens (including phenoxy) is 1.